The molecule has 1 aliphatic heterocycles. The van der Waals surface area contributed by atoms with Crippen LogP contribution in [0.15, 0.2) is 66.9 Å². The first-order valence-corrected chi connectivity index (χ1v) is 9.62. The molecule has 1 aromatic carbocycles. The Hall–Kier alpha value is -3.45. The van der Waals surface area contributed by atoms with Gasteiger partial charge in [-0.2, -0.15) is 0 Å². The quantitative estimate of drug-likeness (QED) is 0.314. The van der Waals surface area contributed by atoms with Crippen molar-refractivity contribution < 1.29 is 19.4 Å². The Morgan fingerprint density at radius 3 is 2.57 bits per heavy atom. The summed E-state index contributed by atoms with van der Waals surface area (Å²) in [6, 6.07) is 11.2. The molecule has 7 nitrogen and oxygen atoms in total. The van der Waals surface area contributed by atoms with Crippen molar-refractivity contribution in [1.29, 1.82) is 0 Å². The van der Waals surface area contributed by atoms with Crippen molar-refractivity contribution in [3.63, 3.8) is 0 Å². The van der Waals surface area contributed by atoms with Gasteiger partial charge in [0.05, 0.1) is 11.3 Å². The van der Waals surface area contributed by atoms with E-state index in [4.69, 9.17) is 4.74 Å². The molecule has 156 valence electrons. The van der Waals surface area contributed by atoms with E-state index in [9.17, 15) is 14.7 Å². The third kappa shape index (κ3) is 4.41. The second-order valence-corrected chi connectivity index (χ2v) is 7.17. The number of benzene rings is 1. The monoisotopic (exact) mass is 407 g/mol. The second kappa shape index (κ2) is 9.37. The van der Waals surface area contributed by atoms with Gasteiger partial charge >= 0.3 is 0 Å². The summed E-state index contributed by atoms with van der Waals surface area (Å²) in [7, 11) is 3.78. The van der Waals surface area contributed by atoms with E-state index in [0.29, 0.717) is 36.7 Å². The molecule has 1 fully saturated rings. The van der Waals surface area contributed by atoms with E-state index in [2.05, 4.69) is 11.6 Å². The molecule has 0 radical (unpaired) electrons. The average molecular weight is 407 g/mol. The average Bonchev–Trinajstić information content (AvgIpc) is 3.01. The number of nitrogens with zero attached hydrogens (tertiary/aromatic N) is 3. The maximum absolute atomic E-state index is 12.9. The van der Waals surface area contributed by atoms with Crippen LogP contribution in [0.25, 0.3) is 5.76 Å². The molecule has 1 aromatic heterocycles. The zero-order valence-corrected chi connectivity index (χ0v) is 17.1. The molecule has 0 saturated carbocycles. The summed E-state index contributed by atoms with van der Waals surface area (Å²) < 4.78 is 5.46. The fourth-order valence-electron chi connectivity index (χ4n) is 3.28. The lowest BCUT2D eigenvalue weighted by atomic mass is 9.98. The smallest absolute Gasteiger partial charge is 0.295 e. The molecular weight excluding hydrogens is 382 g/mol. The zero-order valence-electron chi connectivity index (χ0n) is 17.1. The number of aliphatic hydroxyl groups excluding tert-OH is 1. The van der Waals surface area contributed by atoms with Crippen LogP contribution in [0.3, 0.4) is 0 Å². The maximum Gasteiger partial charge on any atom is 0.295 e. The third-order valence-corrected chi connectivity index (χ3v) is 4.79. The van der Waals surface area contributed by atoms with E-state index in [1.807, 2.05) is 19.0 Å². The fraction of sp³-hybridized carbons (Fsp3) is 0.261. The van der Waals surface area contributed by atoms with E-state index >= 15 is 0 Å². The Bertz CT molecular complexity index is 952. The molecule has 1 atom stereocenters. The summed E-state index contributed by atoms with van der Waals surface area (Å²) in [4.78, 5) is 33.4. The van der Waals surface area contributed by atoms with Crippen molar-refractivity contribution in [2.24, 2.45) is 0 Å². The van der Waals surface area contributed by atoms with E-state index in [1.54, 1.807) is 54.7 Å². The normalized spacial score (nSPS) is 18.1. The highest BCUT2D eigenvalue weighted by Gasteiger charge is 2.46. The predicted octanol–water partition coefficient (Wildman–Crippen LogP) is 2.63. The van der Waals surface area contributed by atoms with Crippen molar-refractivity contribution in [1.82, 2.24) is 14.8 Å². The van der Waals surface area contributed by atoms with Crippen molar-refractivity contribution in [2.75, 3.05) is 33.8 Å². The van der Waals surface area contributed by atoms with Gasteiger partial charge in [0.25, 0.3) is 11.7 Å². The van der Waals surface area contributed by atoms with Gasteiger partial charge in [-0.3, -0.25) is 14.6 Å². The standard InChI is InChI=1S/C23H25N3O4/c1-4-15-30-17-10-8-16(9-11-17)21(27)19-20(18-7-5-6-12-24-18)26(14-13-25(2)3)23(29)22(19)28/h4-12,20,27H,1,13-15H2,2-3H3/b21-19+/t20-/m0/s1. The number of pyridine rings is 1. The lowest BCUT2D eigenvalue weighted by Gasteiger charge is -2.25. The molecule has 1 aliphatic rings. The number of Topliss-reactive ketones (excluding diaryl/α,β-unsaturated/α-hetero) is 1. The minimum absolute atomic E-state index is 0.0391. The zero-order chi connectivity index (χ0) is 21.7. The van der Waals surface area contributed by atoms with Crippen LogP contribution in [0.4, 0.5) is 0 Å². The van der Waals surface area contributed by atoms with E-state index in [0.717, 1.165) is 0 Å². The molecule has 0 bridgehead atoms. The predicted molar refractivity (Wildman–Crippen MR) is 114 cm³/mol. The van der Waals surface area contributed by atoms with E-state index in [-0.39, 0.29) is 11.3 Å². The van der Waals surface area contributed by atoms with Gasteiger partial charge in [-0.1, -0.05) is 18.7 Å². The van der Waals surface area contributed by atoms with Crippen LogP contribution < -0.4 is 4.74 Å². The van der Waals surface area contributed by atoms with Gasteiger partial charge in [0.1, 0.15) is 24.2 Å². The highest BCUT2D eigenvalue weighted by atomic mass is 16.5. The van der Waals surface area contributed by atoms with Crippen LogP contribution >= 0.6 is 0 Å². The Labute approximate surface area is 175 Å². The number of rotatable bonds is 8. The van der Waals surface area contributed by atoms with Gasteiger partial charge in [0.2, 0.25) is 0 Å². The highest BCUT2D eigenvalue weighted by Crippen LogP contribution is 2.38. The molecule has 30 heavy (non-hydrogen) atoms. The van der Waals surface area contributed by atoms with E-state index in [1.165, 1.54) is 4.90 Å². The fourth-order valence-corrected chi connectivity index (χ4v) is 3.28. The van der Waals surface area contributed by atoms with Crippen molar-refractivity contribution in [2.45, 2.75) is 6.04 Å². The number of ketones is 1. The first-order chi connectivity index (χ1) is 14.4. The van der Waals surface area contributed by atoms with Crippen molar-refractivity contribution >= 4 is 17.4 Å². The molecule has 3 rings (SSSR count). The number of aromatic nitrogens is 1. The Morgan fingerprint density at radius 1 is 1.23 bits per heavy atom. The number of amides is 1. The molecule has 7 heteroatoms. The summed E-state index contributed by atoms with van der Waals surface area (Å²) in [5, 5.41) is 11.0. The van der Waals surface area contributed by atoms with Crippen LogP contribution in [0.1, 0.15) is 17.3 Å². The highest BCUT2D eigenvalue weighted by molar-refractivity contribution is 6.46. The largest absolute Gasteiger partial charge is 0.507 e. The molecule has 0 unspecified atom stereocenters. The Morgan fingerprint density at radius 2 is 1.97 bits per heavy atom. The number of hydrogen-bond donors (Lipinski definition) is 1. The summed E-state index contributed by atoms with van der Waals surface area (Å²) in [5.41, 5.74) is 0.993. The van der Waals surface area contributed by atoms with Gasteiger partial charge < -0.3 is 19.6 Å². The molecule has 2 aromatic rings. The number of likely N-dealkylation sites (tertiary alicyclic amines) is 1. The lowest BCUT2D eigenvalue weighted by molar-refractivity contribution is -0.140. The van der Waals surface area contributed by atoms with Crippen LogP contribution in [0.2, 0.25) is 0 Å². The number of likely N-dealkylation sites (N-methyl/N-ethyl adjacent to an activating group) is 1. The van der Waals surface area contributed by atoms with Gasteiger partial charge in [-0.25, -0.2) is 0 Å². The van der Waals surface area contributed by atoms with Crippen LogP contribution in [0, 0.1) is 0 Å². The summed E-state index contributed by atoms with van der Waals surface area (Å²) in [6.45, 7) is 4.88. The van der Waals surface area contributed by atoms with Crippen LogP contribution in [0.5, 0.6) is 5.75 Å². The maximum atomic E-state index is 12.9. The molecule has 1 amide bonds. The SMILES string of the molecule is C=CCOc1ccc(/C(O)=C2\C(=O)C(=O)N(CCN(C)C)[C@H]2c2ccccn2)cc1. The summed E-state index contributed by atoms with van der Waals surface area (Å²) >= 11 is 0. The Kier molecular flexibility index (Phi) is 6.64. The van der Waals surface area contributed by atoms with E-state index < -0.39 is 17.7 Å². The topological polar surface area (TPSA) is 83.0 Å². The minimum atomic E-state index is -0.747. The number of hydrogen-bond acceptors (Lipinski definition) is 6. The summed E-state index contributed by atoms with van der Waals surface area (Å²) in [6.07, 6.45) is 3.24. The number of carbonyl (C=O) groups is 2. The number of ether oxygens (including phenoxy) is 1. The molecule has 0 spiro atoms. The van der Waals surface area contributed by atoms with Crippen LogP contribution in [-0.4, -0.2) is 65.4 Å². The van der Waals surface area contributed by atoms with Gasteiger partial charge in [0, 0.05) is 24.8 Å². The van der Waals surface area contributed by atoms with Gasteiger partial charge in [-0.05, 0) is 50.5 Å². The molecule has 0 aliphatic carbocycles. The molecule has 1 N–H and O–H groups in total. The Balaban J connectivity index is 2.03. The van der Waals surface area contributed by atoms with Gasteiger partial charge in [0.15, 0.2) is 0 Å². The van der Waals surface area contributed by atoms with Crippen LogP contribution in [-0.2, 0) is 9.59 Å². The molecule has 1 saturated heterocycles. The summed E-state index contributed by atoms with van der Waals surface area (Å²) in [5.74, 6) is -0.973. The van der Waals surface area contributed by atoms with Gasteiger partial charge in [-0.15, -0.1) is 0 Å². The lowest BCUT2D eigenvalue weighted by Crippen LogP contribution is -2.35. The third-order valence-electron chi connectivity index (χ3n) is 4.79. The first kappa shape index (κ1) is 21.3. The first-order valence-electron chi connectivity index (χ1n) is 9.62. The minimum Gasteiger partial charge on any atom is -0.507 e. The molecular formula is C23H25N3O4. The second-order valence-electron chi connectivity index (χ2n) is 7.17. The van der Waals surface area contributed by atoms with Crippen molar-refractivity contribution in [3.05, 3.63) is 78.1 Å². The number of aliphatic hydroxyl groups is 1. The number of carbonyl (C=O) groups excluding carboxylic acids is 2. The molecule has 2 heterocycles. The van der Waals surface area contributed by atoms with Crippen molar-refractivity contribution in [3.8, 4) is 5.75 Å².